The van der Waals surface area contributed by atoms with Crippen LogP contribution in [0.4, 0.5) is 4.39 Å². The van der Waals surface area contributed by atoms with E-state index in [0.29, 0.717) is 6.54 Å². The molecule has 0 aromatic heterocycles. The van der Waals surface area contributed by atoms with Crippen molar-refractivity contribution in [3.63, 3.8) is 0 Å². The molecule has 2 heteroatoms. The van der Waals surface area contributed by atoms with E-state index in [1.54, 1.807) is 12.1 Å². The van der Waals surface area contributed by atoms with E-state index in [-0.39, 0.29) is 5.82 Å². The molecule has 0 aliphatic heterocycles. The number of hydrogen-bond donors (Lipinski definition) is 1. The van der Waals surface area contributed by atoms with Crippen molar-refractivity contribution < 1.29 is 4.39 Å². The lowest BCUT2D eigenvalue weighted by Gasteiger charge is -2.07. The Kier molecular flexibility index (Phi) is 3.02. The average Bonchev–Trinajstić information content (AvgIpc) is 2.30. The predicted molar refractivity (Wildman–Crippen MR) is 64.5 cm³/mol. The van der Waals surface area contributed by atoms with Gasteiger partial charge in [0.1, 0.15) is 5.82 Å². The summed E-state index contributed by atoms with van der Waals surface area (Å²) < 4.78 is 12.8. The van der Waals surface area contributed by atoms with Crippen molar-refractivity contribution in [1.29, 1.82) is 0 Å². The van der Waals surface area contributed by atoms with E-state index in [0.717, 1.165) is 16.7 Å². The van der Waals surface area contributed by atoms with Crippen LogP contribution < -0.4 is 5.73 Å². The summed E-state index contributed by atoms with van der Waals surface area (Å²) in [5.74, 6) is -0.209. The van der Waals surface area contributed by atoms with Crippen LogP contribution in [0.25, 0.3) is 11.1 Å². The normalized spacial score (nSPS) is 10.4. The maximum Gasteiger partial charge on any atom is 0.123 e. The third kappa shape index (κ3) is 2.12. The maximum atomic E-state index is 12.8. The molecule has 0 spiro atoms. The van der Waals surface area contributed by atoms with Crippen molar-refractivity contribution in [1.82, 2.24) is 0 Å². The summed E-state index contributed by atoms with van der Waals surface area (Å²) in [5.41, 5.74) is 10.0. The number of aryl methyl sites for hydroxylation is 1. The summed E-state index contributed by atoms with van der Waals surface area (Å²) in [4.78, 5) is 0. The lowest BCUT2D eigenvalue weighted by atomic mass is 10.00. The molecule has 16 heavy (non-hydrogen) atoms. The van der Waals surface area contributed by atoms with Gasteiger partial charge in [0.15, 0.2) is 0 Å². The number of rotatable bonds is 2. The Balaban J connectivity index is 2.41. The summed E-state index contributed by atoms with van der Waals surface area (Å²) >= 11 is 0. The fourth-order valence-corrected chi connectivity index (χ4v) is 1.75. The van der Waals surface area contributed by atoms with Gasteiger partial charge in [-0.2, -0.15) is 0 Å². The molecule has 0 amide bonds. The van der Waals surface area contributed by atoms with E-state index in [1.165, 1.54) is 17.7 Å². The highest BCUT2D eigenvalue weighted by Gasteiger charge is 2.01. The van der Waals surface area contributed by atoms with Crippen LogP contribution in [0.15, 0.2) is 42.5 Å². The standard InChI is InChI=1S/C14H14FN/c1-10-8-12(2-3-13(10)9-16)11-4-6-14(15)7-5-11/h2-8H,9,16H2,1H3. The third-order valence-corrected chi connectivity index (χ3v) is 2.74. The van der Waals surface area contributed by atoms with Crippen molar-refractivity contribution in [2.75, 3.05) is 0 Å². The van der Waals surface area contributed by atoms with Gasteiger partial charge in [-0.25, -0.2) is 4.39 Å². The maximum absolute atomic E-state index is 12.8. The molecule has 0 fully saturated rings. The van der Waals surface area contributed by atoms with Gasteiger partial charge in [-0.3, -0.25) is 0 Å². The SMILES string of the molecule is Cc1cc(-c2ccc(F)cc2)ccc1CN. The summed E-state index contributed by atoms with van der Waals surface area (Å²) in [6.45, 7) is 2.59. The quantitative estimate of drug-likeness (QED) is 0.817. The molecule has 2 aromatic carbocycles. The molecule has 0 bridgehead atoms. The van der Waals surface area contributed by atoms with Gasteiger partial charge in [0.2, 0.25) is 0 Å². The van der Waals surface area contributed by atoms with Gasteiger partial charge in [0.05, 0.1) is 0 Å². The number of benzene rings is 2. The molecule has 0 unspecified atom stereocenters. The van der Waals surface area contributed by atoms with E-state index < -0.39 is 0 Å². The second-order valence-corrected chi connectivity index (χ2v) is 3.85. The molecular weight excluding hydrogens is 201 g/mol. The molecular formula is C14H14FN. The molecule has 2 N–H and O–H groups in total. The van der Waals surface area contributed by atoms with Crippen LogP contribution in [-0.4, -0.2) is 0 Å². The smallest absolute Gasteiger partial charge is 0.123 e. The van der Waals surface area contributed by atoms with Crippen molar-refractivity contribution in [3.05, 3.63) is 59.4 Å². The zero-order valence-electron chi connectivity index (χ0n) is 9.20. The topological polar surface area (TPSA) is 26.0 Å². The third-order valence-electron chi connectivity index (χ3n) is 2.74. The first-order valence-corrected chi connectivity index (χ1v) is 5.26. The minimum Gasteiger partial charge on any atom is -0.326 e. The number of nitrogens with two attached hydrogens (primary N) is 1. The van der Waals surface area contributed by atoms with E-state index in [2.05, 4.69) is 6.07 Å². The molecule has 0 aliphatic rings. The van der Waals surface area contributed by atoms with Gasteiger partial charge < -0.3 is 5.73 Å². The zero-order chi connectivity index (χ0) is 11.5. The molecule has 0 atom stereocenters. The summed E-state index contributed by atoms with van der Waals surface area (Å²) in [6, 6.07) is 12.6. The Morgan fingerprint density at radius 1 is 1.00 bits per heavy atom. The molecule has 0 aliphatic carbocycles. The van der Waals surface area contributed by atoms with Gasteiger partial charge >= 0.3 is 0 Å². The number of hydrogen-bond acceptors (Lipinski definition) is 1. The Bertz CT molecular complexity index is 489. The van der Waals surface area contributed by atoms with Crippen molar-refractivity contribution in [3.8, 4) is 11.1 Å². The fraction of sp³-hybridized carbons (Fsp3) is 0.143. The summed E-state index contributed by atoms with van der Waals surface area (Å²) in [6.07, 6.45) is 0. The zero-order valence-corrected chi connectivity index (χ0v) is 9.20. The highest BCUT2D eigenvalue weighted by molar-refractivity contribution is 5.64. The second kappa shape index (κ2) is 4.45. The van der Waals surface area contributed by atoms with E-state index in [4.69, 9.17) is 5.73 Å². The number of halogens is 1. The van der Waals surface area contributed by atoms with Crippen LogP contribution in [-0.2, 0) is 6.54 Å². The van der Waals surface area contributed by atoms with Gasteiger partial charge in [0, 0.05) is 6.54 Å². The molecule has 0 saturated heterocycles. The lowest BCUT2D eigenvalue weighted by molar-refractivity contribution is 0.628. The molecule has 0 saturated carbocycles. The van der Waals surface area contributed by atoms with Crippen LogP contribution in [0.1, 0.15) is 11.1 Å². The monoisotopic (exact) mass is 215 g/mol. The van der Waals surface area contributed by atoms with E-state index in [9.17, 15) is 4.39 Å². The lowest BCUT2D eigenvalue weighted by Crippen LogP contribution is -1.98. The highest BCUT2D eigenvalue weighted by Crippen LogP contribution is 2.22. The molecule has 2 rings (SSSR count). The molecule has 1 nitrogen and oxygen atoms in total. The van der Waals surface area contributed by atoms with Crippen LogP contribution in [0.5, 0.6) is 0 Å². The Morgan fingerprint density at radius 3 is 2.19 bits per heavy atom. The van der Waals surface area contributed by atoms with Crippen LogP contribution >= 0.6 is 0 Å². The van der Waals surface area contributed by atoms with Crippen molar-refractivity contribution in [2.24, 2.45) is 5.73 Å². The van der Waals surface area contributed by atoms with E-state index in [1.807, 2.05) is 19.1 Å². The summed E-state index contributed by atoms with van der Waals surface area (Å²) in [7, 11) is 0. The average molecular weight is 215 g/mol. The van der Waals surface area contributed by atoms with Crippen LogP contribution in [0.3, 0.4) is 0 Å². The van der Waals surface area contributed by atoms with Crippen LogP contribution in [0.2, 0.25) is 0 Å². The first-order valence-electron chi connectivity index (χ1n) is 5.26. The minimum absolute atomic E-state index is 0.209. The van der Waals surface area contributed by atoms with Gasteiger partial charge in [0.25, 0.3) is 0 Å². The second-order valence-electron chi connectivity index (χ2n) is 3.85. The van der Waals surface area contributed by atoms with Gasteiger partial charge in [-0.05, 0) is 41.3 Å². The molecule has 82 valence electrons. The Morgan fingerprint density at radius 2 is 1.62 bits per heavy atom. The minimum atomic E-state index is -0.209. The van der Waals surface area contributed by atoms with Gasteiger partial charge in [-0.1, -0.05) is 30.3 Å². The van der Waals surface area contributed by atoms with Crippen molar-refractivity contribution >= 4 is 0 Å². The molecule has 2 aromatic rings. The fourth-order valence-electron chi connectivity index (χ4n) is 1.75. The van der Waals surface area contributed by atoms with Crippen LogP contribution in [0, 0.1) is 12.7 Å². The predicted octanol–water partition coefficient (Wildman–Crippen LogP) is 3.26. The summed E-state index contributed by atoms with van der Waals surface area (Å²) in [5, 5.41) is 0. The molecule has 0 heterocycles. The Labute approximate surface area is 94.7 Å². The van der Waals surface area contributed by atoms with Gasteiger partial charge in [-0.15, -0.1) is 0 Å². The van der Waals surface area contributed by atoms with Crippen molar-refractivity contribution in [2.45, 2.75) is 13.5 Å². The first-order chi connectivity index (χ1) is 7.70. The first kappa shape index (κ1) is 10.8. The molecule has 0 radical (unpaired) electrons. The Hall–Kier alpha value is -1.67. The van der Waals surface area contributed by atoms with E-state index >= 15 is 0 Å². The highest BCUT2D eigenvalue weighted by atomic mass is 19.1. The largest absolute Gasteiger partial charge is 0.326 e.